The molecule has 0 saturated heterocycles. The monoisotopic (exact) mass is 420 g/mol. The number of hydrogen-bond donors (Lipinski definition) is 3. The summed E-state index contributed by atoms with van der Waals surface area (Å²) in [7, 11) is 0. The first-order valence-corrected chi connectivity index (χ1v) is 9.95. The molecular formula is C23H27F3N2O2. The molecule has 1 aromatic heterocycles. The normalized spacial score (nSPS) is 12.6. The molecule has 0 bridgehead atoms. The van der Waals surface area contributed by atoms with E-state index >= 15 is 0 Å². The van der Waals surface area contributed by atoms with Gasteiger partial charge in [0.25, 0.3) is 0 Å². The molecule has 0 atom stereocenters. The van der Waals surface area contributed by atoms with E-state index in [0.717, 1.165) is 22.5 Å². The Morgan fingerprint density at radius 2 is 1.70 bits per heavy atom. The number of aliphatic hydroxyl groups is 2. The van der Waals surface area contributed by atoms with E-state index in [4.69, 9.17) is 0 Å². The SMILES string of the molecule is CC(CO)(CO)NCCn1ccc2ccc(CCc3ccccc3C(F)(F)F)cc21. The molecule has 0 fully saturated rings. The first kappa shape index (κ1) is 22.3. The molecule has 30 heavy (non-hydrogen) atoms. The highest BCUT2D eigenvalue weighted by Crippen LogP contribution is 2.32. The van der Waals surface area contributed by atoms with E-state index in [0.29, 0.717) is 31.5 Å². The third-order valence-electron chi connectivity index (χ3n) is 5.45. The van der Waals surface area contributed by atoms with Crippen LogP contribution in [0, 0.1) is 0 Å². The van der Waals surface area contributed by atoms with Crippen LogP contribution in [0.4, 0.5) is 13.2 Å². The summed E-state index contributed by atoms with van der Waals surface area (Å²) in [5.41, 5.74) is 0.976. The van der Waals surface area contributed by atoms with Crippen molar-refractivity contribution in [3.63, 3.8) is 0 Å². The van der Waals surface area contributed by atoms with Gasteiger partial charge >= 0.3 is 6.18 Å². The number of aryl methyl sites for hydroxylation is 2. The average molecular weight is 420 g/mol. The number of halogens is 3. The highest BCUT2D eigenvalue weighted by atomic mass is 19.4. The standard InChI is InChI=1S/C23H27F3N2O2/c1-22(15-29,16-30)27-11-13-28-12-10-19-9-7-17(14-21(19)28)6-8-18-4-2-3-5-20(18)23(24,25)26/h2-5,7,9-10,12,14,27,29-30H,6,8,11,13,15-16H2,1H3. The van der Waals surface area contributed by atoms with E-state index in [1.165, 1.54) is 12.1 Å². The first-order chi connectivity index (χ1) is 14.3. The molecule has 4 nitrogen and oxygen atoms in total. The zero-order chi connectivity index (χ0) is 21.8. The fraction of sp³-hybridized carbons (Fsp3) is 0.391. The van der Waals surface area contributed by atoms with Crippen molar-refractivity contribution in [1.29, 1.82) is 0 Å². The highest BCUT2D eigenvalue weighted by Gasteiger charge is 2.32. The van der Waals surface area contributed by atoms with E-state index in [-0.39, 0.29) is 13.2 Å². The number of nitrogens with one attached hydrogen (secondary N) is 1. The van der Waals surface area contributed by atoms with Gasteiger partial charge in [-0.15, -0.1) is 0 Å². The van der Waals surface area contributed by atoms with Crippen molar-refractivity contribution in [2.45, 2.75) is 38.0 Å². The van der Waals surface area contributed by atoms with E-state index in [1.54, 1.807) is 13.0 Å². The van der Waals surface area contributed by atoms with Gasteiger partial charge in [0.05, 0.1) is 24.3 Å². The molecule has 1 heterocycles. The van der Waals surface area contributed by atoms with Crippen molar-refractivity contribution < 1.29 is 23.4 Å². The van der Waals surface area contributed by atoms with Crippen LogP contribution >= 0.6 is 0 Å². The molecule has 0 radical (unpaired) electrons. The minimum atomic E-state index is -4.35. The highest BCUT2D eigenvalue weighted by molar-refractivity contribution is 5.80. The molecule has 0 aliphatic rings. The van der Waals surface area contributed by atoms with Gasteiger partial charge in [-0.25, -0.2) is 0 Å². The first-order valence-electron chi connectivity index (χ1n) is 9.95. The lowest BCUT2D eigenvalue weighted by Crippen LogP contribution is -2.49. The summed E-state index contributed by atoms with van der Waals surface area (Å²) in [5.74, 6) is 0. The van der Waals surface area contributed by atoms with Crippen LogP contribution in [-0.4, -0.2) is 40.1 Å². The predicted octanol–water partition coefficient (Wildman–Crippen LogP) is 3.78. The van der Waals surface area contributed by atoms with Crippen molar-refractivity contribution in [3.8, 4) is 0 Å². The van der Waals surface area contributed by atoms with Crippen molar-refractivity contribution in [2.24, 2.45) is 0 Å². The maximum Gasteiger partial charge on any atom is 0.416 e. The number of nitrogens with zero attached hydrogens (tertiary/aromatic N) is 1. The van der Waals surface area contributed by atoms with Crippen molar-refractivity contribution >= 4 is 10.9 Å². The molecule has 162 valence electrons. The minimum absolute atomic E-state index is 0.167. The van der Waals surface area contributed by atoms with Crippen LogP contribution in [0.2, 0.25) is 0 Å². The largest absolute Gasteiger partial charge is 0.416 e. The maximum atomic E-state index is 13.2. The van der Waals surface area contributed by atoms with Gasteiger partial charge in [-0.2, -0.15) is 13.2 Å². The Bertz CT molecular complexity index is 978. The second kappa shape index (κ2) is 9.20. The zero-order valence-corrected chi connectivity index (χ0v) is 16.9. The topological polar surface area (TPSA) is 57.4 Å². The Hall–Kier alpha value is -2.35. The summed E-state index contributed by atoms with van der Waals surface area (Å²) in [5, 5.41) is 23.0. The van der Waals surface area contributed by atoms with Gasteiger partial charge in [0.2, 0.25) is 0 Å². The second-order valence-corrected chi connectivity index (χ2v) is 7.86. The Labute approximate surface area is 174 Å². The third kappa shape index (κ3) is 5.22. The van der Waals surface area contributed by atoms with E-state index in [1.807, 2.05) is 30.5 Å². The van der Waals surface area contributed by atoms with Crippen LogP contribution in [0.5, 0.6) is 0 Å². The summed E-state index contributed by atoms with van der Waals surface area (Å²) in [6, 6.07) is 13.7. The lowest BCUT2D eigenvalue weighted by molar-refractivity contribution is -0.138. The van der Waals surface area contributed by atoms with Crippen LogP contribution in [-0.2, 0) is 25.6 Å². The summed E-state index contributed by atoms with van der Waals surface area (Å²) in [4.78, 5) is 0. The Morgan fingerprint density at radius 1 is 0.967 bits per heavy atom. The number of fused-ring (bicyclic) bond motifs is 1. The second-order valence-electron chi connectivity index (χ2n) is 7.86. The summed E-state index contributed by atoms with van der Waals surface area (Å²) in [6.07, 6.45) is -1.56. The van der Waals surface area contributed by atoms with E-state index in [9.17, 15) is 23.4 Å². The number of benzene rings is 2. The molecular weight excluding hydrogens is 393 g/mol. The van der Waals surface area contributed by atoms with Gasteiger partial charge in [0.15, 0.2) is 0 Å². The number of aliphatic hydroxyl groups excluding tert-OH is 2. The molecule has 0 aliphatic heterocycles. The number of hydrogen-bond acceptors (Lipinski definition) is 3. The lowest BCUT2D eigenvalue weighted by Gasteiger charge is -2.26. The van der Waals surface area contributed by atoms with Crippen molar-refractivity contribution in [3.05, 3.63) is 71.4 Å². The zero-order valence-electron chi connectivity index (χ0n) is 16.9. The van der Waals surface area contributed by atoms with Gasteiger partial charge < -0.3 is 20.1 Å². The van der Waals surface area contributed by atoms with Crippen LogP contribution in [0.25, 0.3) is 10.9 Å². The number of aromatic nitrogens is 1. The Kier molecular flexibility index (Phi) is 6.85. The van der Waals surface area contributed by atoms with Gasteiger partial charge in [-0.1, -0.05) is 30.3 Å². The maximum absolute atomic E-state index is 13.2. The number of alkyl halides is 3. The lowest BCUT2D eigenvalue weighted by atomic mass is 9.99. The van der Waals surface area contributed by atoms with Gasteiger partial charge in [-0.3, -0.25) is 0 Å². The van der Waals surface area contributed by atoms with Crippen LogP contribution < -0.4 is 5.32 Å². The molecule has 3 aromatic rings. The Morgan fingerprint density at radius 3 is 2.40 bits per heavy atom. The molecule has 0 unspecified atom stereocenters. The molecule has 0 aliphatic carbocycles. The van der Waals surface area contributed by atoms with Crippen molar-refractivity contribution in [1.82, 2.24) is 9.88 Å². The minimum Gasteiger partial charge on any atom is -0.394 e. The molecule has 0 saturated carbocycles. The molecule has 0 spiro atoms. The van der Waals surface area contributed by atoms with E-state index in [2.05, 4.69) is 9.88 Å². The molecule has 3 rings (SSSR count). The summed E-state index contributed by atoms with van der Waals surface area (Å²) < 4.78 is 41.7. The van der Waals surface area contributed by atoms with Gasteiger partial charge in [0, 0.05) is 24.8 Å². The molecule has 2 aromatic carbocycles. The fourth-order valence-electron chi connectivity index (χ4n) is 3.51. The summed E-state index contributed by atoms with van der Waals surface area (Å²) in [6.45, 7) is 2.61. The third-order valence-corrected chi connectivity index (χ3v) is 5.45. The molecule has 3 N–H and O–H groups in total. The van der Waals surface area contributed by atoms with Crippen molar-refractivity contribution in [2.75, 3.05) is 19.8 Å². The number of rotatable bonds is 9. The Balaban J connectivity index is 1.71. The van der Waals surface area contributed by atoms with E-state index < -0.39 is 17.3 Å². The molecule has 0 amide bonds. The predicted molar refractivity (Wildman–Crippen MR) is 111 cm³/mol. The molecule has 7 heteroatoms. The fourth-order valence-corrected chi connectivity index (χ4v) is 3.51. The van der Waals surface area contributed by atoms with Gasteiger partial charge in [-0.05, 0) is 54.5 Å². The van der Waals surface area contributed by atoms with Gasteiger partial charge in [0.1, 0.15) is 0 Å². The van der Waals surface area contributed by atoms with Crippen LogP contribution in [0.3, 0.4) is 0 Å². The average Bonchev–Trinajstić information content (AvgIpc) is 3.14. The smallest absolute Gasteiger partial charge is 0.394 e. The van der Waals surface area contributed by atoms with Crippen LogP contribution in [0.1, 0.15) is 23.6 Å². The van der Waals surface area contributed by atoms with Crippen LogP contribution in [0.15, 0.2) is 54.7 Å². The summed E-state index contributed by atoms with van der Waals surface area (Å²) >= 11 is 0. The quantitative estimate of drug-likeness (QED) is 0.494.